The fourth-order valence-electron chi connectivity index (χ4n) is 3.47. The quantitative estimate of drug-likeness (QED) is 0.482. The Morgan fingerprint density at radius 2 is 1.90 bits per heavy atom. The highest BCUT2D eigenvalue weighted by atomic mass is 32.1. The highest BCUT2D eigenvalue weighted by Crippen LogP contribution is 2.33. The van der Waals surface area contributed by atoms with Crippen molar-refractivity contribution in [3.8, 4) is 11.3 Å². The Balaban J connectivity index is 1.76. The number of thiophene rings is 1. The zero-order valence-electron chi connectivity index (χ0n) is 17.9. The van der Waals surface area contributed by atoms with Gasteiger partial charge in [0.25, 0.3) is 11.6 Å². The van der Waals surface area contributed by atoms with Gasteiger partial charge in [-0.3, -0.25) is 9.59 Å². The van der Waals surface area contributed by atoms with Crippen LogP contribution in [0.1, 0.15) is 32.7 Å². The summed E-state index contributed by atoms with van der Waals surface area (Å²) in [7, 11) is 1.69. The number of fused-ring (bicyclic) bond motifs is 1. The second-order valence-corrected chi connectivity index (χ2v) is 8.87. The van der Waals surface area contributed by atoms with E-state index in [0.717, 1.165) is 10.4 Å². The Bertz CT molecular complexity index is 1320. The van der Waals surface area contributed by atoms with Gasteiger partial charge in [0.1, 0.15) is 0 Å². The molecule has 3 heterocycles. The topological polar surface area (TPSA) is 88.3 Å². The monoisotopic (exact) mass is 434 g/mol. The van der Waals surface area contributed by atoms with E-state index in [1.54, 1.807) is 49.6 Å². The van der Waals surface area contributed by atoms with E-state index in [4.69, 9.17) is 4.52 Å². The Kier molecular flexibility index (Phi) is 5.32. The normalized spacial score (nSPS) is 11.0. The molecule has 158 valence electrons. The second kappa shape index (κ2) is 7.96. The molecule has 4 rings (SSSR count). The van der Waals surface area contributed by atoms with Crippen LogP contribution in [-0.4, -0.2) is 29.0 Å². The number of nitrogens with one attached hydrogen (secondary N) is 1. The fourth-order valence-corrected chi connectivity index (χ4v) is 4.40. The van der Waals surface area contributed by atoms with Gasteiger partial charge in [-0.2, -0.15) is 0 Å². The van der Waals surface area contributed by atoms with Crippen molar-refractivity contribution in [2.75, 3.05) is 17.3 Å². The van der Waals surface area contributed by atoms with Crippen molar-refractivity contribution in [2.24, 2.45) is 0 Å². The Labute approximate surface area is 183 Å². The molecular weight excluding hydrogens is 412 g/mol. The van der Waals surface area contributed by atoms with Crippen LogP contribution >= 0.6 is 11.3 Å². The molecule has 1 aromatic carbocycles. The van der Waals surface area contributed by atoms with Crippen molar-refractivity contribution >= 4 is 45.6 Å². The summed E-state index contributed by atoms with van der Waals surface area (Å²) in [5.41, 5.74) is 4.27. The lowest BCUT2D eigenvalue weighted by Gasteiger charge is -2.16. The molecule has 0 aliphatic rings. The van der Waals surface area contributed by atoms with Gasteiger partial charge in [-0.15, -0.1) is 11.3 Å². The van der Waals surface area contributed by atoms with Gasteiger partial charge in [-0.05, 0) is 51.1 Å². The van der Waals surface area contributed by atoms with Gasteiger partial charge >= 0.3 is 0 Å². The van der Waals surface area contributed by atoms with Crippen LogP contribution in [0.25, 0.3) is 22.4 Å². The van der Waals surface area contributed by atoms with Gasteiger partial charge in [-0.25, -0.2) is 4.98 Å². The number of anilines is 2. The first-order valence-corrected chi connectivity index (χ1v) is 10.6. The van der Waals surface area contributed by atoms with E-state index in [2.05, 4.69) is 21.5 Å². The molecule has 0 radical (unpaired) electrons. The predicted octanol–water partition coefficient (Wildman–Crippen LogP) is 5.11. The number of carbonyl (C=O) groups is 2. The molecule has 0 spiro atoms. The number of aromatic nitrogens is 2. The Hall–Kier alpha value is -3.52. The van der Waals surface area contributed by atoms with Crippen molar-refractivity contribution in [2.45, 2.75) is 27.7 Å². The highest BCUT2D eigenvalue weighted by molar-refractivity contribution is 7.12. The van der Waals surface area contributed by atoms with Crippen molar-refractivity contribution in [1.82, 2.24) is 10.1 Å². The van der Waals surface area contributed by atoms with Gasteiger partial charge < -0.3 is 14.7 Å². The Morgan fingerprint density at radius 3 is 2.58 bits per heavy atom. The molecule has 4 aromatic rings. The van der Waals surface area contributed by atoms with Crippen LogP contribution in [0, 0.1) is 20.8 Å². The number of pyridine rings is 1. The summed E-state index contributed by atoms with van der Waals surface area (Å²) in [6, 6.07) is 11.0. The van der Waals surface area contributed by atoms with Gasteiger partial charge in [0.2, 0.25) is 5.91 Å². The van der Waals surface area contributed by atoms with Crippen LogP contribution in [-0.2, 0) is 4.79 Å². The van der Waals surface area contributed by atoms with Crippen LogP contribution in [0.2, 0.25) is 0 Å². The first-order valence-electron chi connectivity index (χ1n) is 9.74. The molecule has 0 unspecified atom stereocenters. The number of carbonyl (C=O) groups excluding carboxylic acids is 2. The van der Waals surface area contributed by atoms with E-state index in [0.29, 0.717) is 39.4 Å². The van der Waals surface area contributed by atoms with Crippen molar-refractivity contribution in [1.29, 1.82) is 0 Å². The van der Waals surface area contributed by atoms with Gasteiger partial charge in [0.15, 0.2) is 0 Å². The molecule has 0 bridgehead atoms. The molecule has 7 nitrogen and oxygen atoms in total. The summed E-state index contributed by atoms with van der Waals surface area (Å²) >= 11 is 1.68. The minimum atomic E-state index is -0.299. The molecular formula is C23H22N4O3S. The number of benzene rings is 1. The summed E-state index contributed by atoms with van der Waals surface area (Å²) in [5.74, 6) is -0.391. The molecule has 3 aromatic heterocycles. The first-order chi connectivity index (χ1) is 14.7. The number of nitrogens with zero attached hydrogens (tertiary/aromatic N) is 3. The summed E-state index contributed by atoms with van der Waals surface area (Å²) in [6.07, 6.45) is 0. The minimum absolute atomic E-state index is 0.0921. The van der Waals surface area contributed by atoms with E-state index >= 15 is 0 Å². The highest BCUT2D eigenvalue weighted by Gasteiger charge is 2.21. The maximum Gasteiger partial charge on any atom is 0.259 e. The Morgan fingerprint density at radius 1 is 1.13 bits per heavy atom. The van der Waals surface area contributed by atoms with Gasteiger partial charge in [0, 0.05) is 40.7 Å². The SMILES string of the molecule is CC(=O)N(C)c1cccc(NC(=O)c2cc(-c3cc(C)sc3C)nc3onc(C)c23)c1. The molecule has 2 amide bonds. The third kappa shape index (κ3) is 3.94. The molecule has 0 saturated carbocycles. The zero-order chi connectivity index (χ0) is 22.3. The fraction of sp³-hybridized carbons (Fsp3) is 0.217. The van der Waals surface area contributed by atoms with E-state index in [9.17, 15) is 9.59 Å². The average molecular weight is 435 g/mol. The zero-order valence-corrected chi connectivity index (χ0v) is 18.8. The molecule has 0 fully saturated rings. The largest absolute Gasteiger partial charge is 0.335 e. The van der Waals surface area contributed by atoms with Crippen molar-refractivity contribution in [3.05, 3.63) is 57.4 Å². The lowest BCUT2D eigenvalue weighted by Crippen LogP contribution is -2.23. The minimum Gasteiger partial charge on any atom is -0.335 e. The number of hydrogen-bond acceptors (Lipinski definition) is 6. The molecule has 1 N–H and O–H groups in total. The summed E-state index contributed by atoms with van der Waals surface area (Å²) in [6.45, 7) is 7.34. The van der Waals surface area contributed by atoms with Crippen LogP contribution in [0.15, 0.2) is 40.9 Å². The predicted molar refractivity (Wildman–Crippen MR) is 123 cm³/mol. The molecule has 0 saturated heterocycles. The second-order valence-electron chi connectivity index (χ2n) is 7.41. The van der Waals surface area contributed by atoms with Gasteiger partial charge in [-0.1, -0.05) is 11.2 Å². The smallest absolute Gasteiger partial charge is 0.259 e. The molecule has 0 aliphatic heterocycles. The van der Waals surface area contributed by atoms with Crippen molar-refractivity contribution < 1.29 is 14.1 Å². The van der Waals surface area contributed by atoms with Crippen molar-refractivity contribution in [3.63, 3.8) is 0 Å². The maximum absolute atomic E-state index is 13.3. The van der Waals surface area contributed by atoms with E-state index in [-0.39, 0.29) is 11.8 Å². The van der Waals surface area contributed by atoms with Crippen LogP contribution < -0.4 is 10.2 Å². The third-order valence-electron chi connectivity index (χ3n) is 5.14. The number of hydrogen-bond donors (Lipinski definition) is 1. The maximum atomic E-state index is 13.3. The lowest BCUT2D eigenvalue weighted by atomic mass is 10.1. The van der Waals surface area contributed by atoms with Crippen LogP contribution in [0.5, 0.6) is 0 Å². The van der Waals surface area contributed by atoms with E-state index < -0.39 is 0 Å². The summed E-state index contributed by atoms with van der Waals surface area (Å²) < 4.78 is 5.39. The average Bonchev–Trinajstić information content (AvgIpc) is 3.28. The van der Waals surface area contributed by atoms with Gasteiger partial charge in [0.05, 0.1) is 22.3 Å². The number of amides is 2. The molecule has 31 heavy (non-hydrogen) atoms. The third-order valence-corrected chi connectivity index (χ3v) is 6.11. The standard InChI is InChI=1S/C23H22N4O3S/c1-12-9-18(14(3)31-12)20-11-19(21-13(2)26-30-23(21)25-20)22(29)24-16-7-6-8-17(10-16)27(5)15(4)28/h6-11H,1-5H3,(H,24,29). The van der Waals surface area contributed by atoms with E-state index in [1.165, 1.54) is 16.7 Å². The first kappa shape index (κ1) is 20.7. The van der Waals surface area contributed by atoms with Crippen LogP contribution in [0.3, 0.4) is 0 Å². The molecule has 0 aliphatic carbocycles. The summed E-state index contributed by atoms with van der Waals surface area (Å²) in [4.78, 5) is 33.4. The molecule has 0 atom stereocenters. The molecule has 8 heteroatoms. The number of rotatable bonds is 4. The van der Waals surface area contributed by atoms with Crippen LogP contribution in [0.4, 0.5) is 11.4 Å². The van der Waals surface area contributed by atoms with E-state index in [1.807, 2.05) is 19.9 Å². The summed E-state index contributed by atoms with van der Waals surface area (Å²) in [5, 5.41) is 7.52. The number of aryl methyl sites for hydroxylation is 3. The lowest BCUT2D eigenvalue weighted by molar-refractivity contribution is -0.116.